The van der Waals surface area contributed by atoms with Crippen LogP contribution in [0.15, 0.2) is 24.4 Å². The average molecular weight is 336 g/mol. The van der Waals surface area contributed by atoms with Gasteiger partial charge in [-0.25, -0.2) is 4.98 Å². The molecule has 0 aliphatic rings. The Morgan fingerprint density at radius 2 is 1.83 bits per heavy atom. The van der Waals surface area contributed by atoms with E-state index in [0.717, 1.165) is 49.8 Å². The molecule has 1 atom stereocenters. The molecule has 0 saturated carbocycles. The van der Waals surface area contributed by atoms with Crippen molar-refractivity contribution < 1.29 is 5.11 Å². The molecule has 0 unspecified atom stereocenters. The summed E-state index contributed by atoms with van der Waals surface area (Å²) < 4.78 is 0. The Morgan fingerprint density at radius 3 is 2.48 bits per heavy atom. The lowest BCUT2D eigenvalue weighted by Gasteiger charge is -2.24. The first kappa shape index (κ1) is 18.1. The molecule has 0 amide bonds. The molecule has 0 aliphatic heterocycles. The maximum Gasteiger partial charge on any atom is 0.110 e. The minimum Gasteiger partial charge on any atom is -0.385 e. The van der Waals surface area contributed by atoms with E-state index in [1.807, 2.05) is 6.07 Å². The third kappa shape index (κ3) is 5.41. The average Bonchev–Trinajstić information content (AvgIpc) is 2.56. The Kier molecular flexibility index (Phi) is 7.21. The summed E-state index contributed by atoms with van der Waals surface area (Å²) in [6, 6.07) is 5.42. The third-order valence-electron chi connectivity index (χ3n) is 3.95. The van der Waals surface area contributed by atoms with Gasteiger partial charge >= 0.3 is 0 Å². The highest BCUT2D eigenvalue weighted by atomic mass is 35.5. The van der Waals surface area contributed by atoms with Crippen LogP contribution in [0.3, 0.4) is 0 Å². The summed E-state index contributed by atoms with van der Waals surface area (Å²) in [5, 5.41) is 11.2. The van der Waals surface area contributed by atoms with Crippen molar-refractivity contribution >= 4 is 22.6 Å². The van der Waals surface area contributed by atoms with Gasteiger partial charge in [0, 0.05) is 11.6 Å². The van der Waals surface area contributed by atoms with Gasteiger partial charge in [0.1, 0.15) is 6.10 Å². The Labute approximate surface area is 143 Å². The van der Waals surface area contributed by atoms with Gasteiger partial charge < -0.3 is 10.0 Å². The highest BCUT2D eigenvalue weighted by Crippen LogP contribution is 2.19. The number of aliphatic hydroxyl groups is 1. The van der Waals surface area contributed by atoms with Crippen molar-refractivity contribution in [3.63, 3.8) is 0 Å². The fourth-order valence-corrected chi connectivity index (χ4v) is 2.72. The molecule has 1 N–H and O–H groups in total. The van der Waals surface area contributed by atoms with Crippen LogP contribution in [0.4, 0.5) is 0 Å². The molecule has 0 aliphatic carbocycles. The summed E-state index contributed by atoms with van der Waals surface area (Å²) in [4.78, 5) is 11.2. The van der Waals surface area contributed by atoms with E-state index in [4.69, 9.17) is 11.6 Å². The third-order valence-corrected chi connectivity index (χ3v) is 4.19. The molecule has 2 rings (SSSR count). The van der Waals surface area contributed by atoms with Crippen LogP contribution in [0, 0.1) is 0 Å². The number of benzene rings is 1. The Morgan fingerprint density at radius 1 is 1.13 bits per heavy atom. The number of rotatable bonds is 9. The van der Waals surface area contributed by atoms with Crippen LogP contribution in [0.25, 0.3) is 11.0 Å². The molecule has 1 aromatic carbocycles. The maximum absolute atomic E-state index is 10.5. The van der Waals surface area contributed by atoms with Gasteiger partial charge in [-0.3, -0.25) is 4.98 Å². The van der Waals surface area contributed by atoms with Crippen LogP contribution in [0.1, 0.15) is 51.3 Å². The van der Waals surface area contributed by atoms with Gasteiger partial charge in [0.05, 0.1) is 22.9 Å². The van der Waals surface area contributed by atoms with E-state index in [1.54, 1.807) is 18.3 Å². The smallest absolute Gasteiger partial charge is 0.110 e. The number of unbranched alkanes of at least 4 members (excludes halogenated alkanes) is 2. The van der Waals surface area contributed by atoms with Crippen molar-refractivity contribution in [2.45, 2.75) is 45.6 Å². The molecule has 126 valence electrons. The van der Waals surface area contributed by atoms with E-state index in [2.05, 4.69) is 28.7 Å². The Bertz CT molecular complexity index is 612. The molecule has 0 fully saturated rings. The second kappa shape index (κ2) is 9.16. The molecule has 23 heavy (non-hydrogen) atoms. The second-order valence-electron chi connectivity index (χ2n) is 5.95. The monoisotopic (exact) mass is 335 g/mol. The molecule has 0 spiro atoms. The Hall–Kier alpha value is -1.23. The van der Waals surface area contributed by atoms with Crippen molar-refractivity contribution in [1.82, 2.24) is 14.9 Å². The number of hydrogen-bond acceptors (Lipinski definition) is 4. The lowest BCUT2D eigenvalue weighted by molar-refractivity contribution is 0.108. The van der Waals surface area contributed by atoms with Gasteiger partial charge in [-0.05, 0) is 44.1 Å². The fraction of sp³-hybridized carbons (Fsp3) is 0.556. The molecule has 0 bridgehead atoms. The summed E-state index contributed by atoms with van der Waals surface area (Å²) in [6.45, 7) is 7.02. The molecule has 4 nitrogen and oxygen atoms in total. The van der Waals surface area contributed by atoms with Gasteiger partial charge in [0.15, 0.2) is 0 Å². The van der Waals surface area contributed by atoms with Crippen LogP contribution in [0.2, 0.25) is 5.02 Å². The topological polar surface area (TPSA) is 49.2 Å². The quantitative estimate of drug-likeness (QED) is 0.745. The molecular formula is C18H26ClN3O. The maximum atomic E-state index is 10.5. The zero-order valence-corrected chi connectivity index (χ0v) is 14.8. The summed E-state index contributed by atoms with van der Waals surface area (Å²) in [5.41, 5.74) is 2.14. The lowest BCUT2D eigenvalue weighted by Crippen LogP contribution is -2.31. The van der Waals surface area contributed by atoms with Gasteiger partial charge in [-0.1, -0.05) is 38.3 Å². The van der Waals surface area contributed by atoms with Crippen molar-refractivity contribution in [3.05, 3.63) is 35.1 Å². The number of aliphatic hydroxyl groups excluding tert-OH is 1. The molecule has 2 aromatic rings. The minimum absolute atomic E-state index is 0.605. The van der Waals surface area contributed by atoms with Gasteiger partial charge in [0.25, 0.3) is 0 Å². The van der Waals surface area contributed by atoms with Crippen LogP contribution in [0.5, 0.6) is 0 Å². The van der Waals surface area contributed by atoms with Gasteiger partial charge in [-0.15, -0.1) is 0 Å². The highest BCUT2D eigenvalue weighted by Gasteiger charge is 2.15. The predicted molar refractivity (Wildman–Crippen MR) is 95.8 cm³/mol. The number of fused-ring (bicyclic) bond motifs is 1. The molecule has 1 aromatic heterocycles. The Balaban J connectivity index is 2.07. The molecule has 0 radical (unpaired) electrons. The summed E-state index contributed by atoms with van der Waals surface area (Å²) in [5.74, 6) is 0. The van der Waals surface area contributed by atoms with Crippen molar-refractivity contribution in [2.75, 3.05) is 19.6 Å². The van der Waals surface area contributed by atoms with Gasteiger partial charge in [0.2, 0.25) is 0 Å². The van der Waals surface area contributed by atoms with Gasteiger partial charge in [-0.2, -0.15) is 0 Å². The minimum atomic E-state index is -0.615. The largest absolute Gasteiger partial charge is 0.385 e. The normalized spacial score (nSPS) is 12.9. The SMILES string of the molecule is CCCCN(CCCC)C[C@@H](O)c1cnc2cc(Cl)ccc2n1. The summed E-state index contributed by atoms with van der Waals surface area (Å²) in [6.07, 6.45) is 5.67. The number of nitrogens with zero attached hydrogens (tertiary/aromatic N) is 3. The molecule has 5 heteroatoms. The van der Waals surface area contributed by atoms with Crippen molar-refractivity contribution in [2.24, 2.45) is 0 Å². The zero-order chi connectivity index (χ0) is 16.7. The standard InChI is InChI=1S/C18H26ClN3O/c1-3-5-9-22(10-6-4-2)13-18(23)17-12-20-16-11-14(19)7-8-15(16)21-17/h7-8,11-12,18,23H,3-6,9-10,13H2,1-2H3/t18-/m1/s1. The number of aromatic nitrogens is 2. The first-order chi connectivity index (χ1) is 11.1. The van der Waals surface area contributed by atoms with E-state index in [0.29, 0.717) is 17.3 Å². The number of halogens is 1. The summed E-state index contributed by atoms with van der Waals surface area (Å²) >= 11 is 5.96. The second-order valence-corrected chi connectivity index (χ2v) is 6.39. The molecule has 1 heterocycles. The number of hydrogen-bond donors (Lipinski definition) is 1. The highest BCUT2D eigenvalue weighted by molar-refractivity contribution is 6.31. The molecular weight excluding hydrogens is 310 g/mol. The predicted octanol–water partition coefficient (Wildman–Crippen LogP) is 4.22. The van der Waals surface area contributed by atoms with Crippen molar-refractivity contribution in [3.8, 4) is 0 Å². The van der Waals surface area contributed by atoms with Crippen LogP contribution in [-0.4, -0.2) is 39.6 Å². The molecule has 0 saturated heterocycles. The van der Waals surface area contributed by atoms with Crippen LogP contribution in [-0.2, 0) is 0 Å². The first-order valence-corrected chi connectivity index (χ1v) is 8.84. The van der Waals surface area contributed by atoms with E-state index in [9.17, 15) is 5.11 Å². The van der Waals surface area contributed by atoms with E-state index >= 15 is 0 Å². The first-order valence-electron chi connectivity index (χ1n) is 8.46. The van der Waals surface area contributed by atoms with Crippen molar-refractivity contribution in [1.29, 1.82) is 0 Å². The lowest BCUT2D eigenvalue weighted by atomic mass is 10.2. The van der Waals surface area contributed by atoms with Crippen LogP contribution >= 0.6 is 11.6 Å². The summed E-state index contributed by atoms with van der Waals surface area (Å²) in [7, 11) is 0. The fourth-order valence-electron chi connectivity index (χ4n) is 2.55. The zero-order valence-electron chi connectivity index (χ0n) is 14.0. The van der Waals surface area contributed by atoms with E-state index in [1.165, 1.54) is 0 Å². The van der Waals surface area contributed by atoms with E-state index in [-0.39, 0.29) is 0 Å². The van der Waals surface area contributed by atoms with Crippen LogP contribution < -0.4 is 0 Å². The van der Waals surface area contributed by atoms with E-state index < -0.39 is 6.10 Å².